The van der Waals surface area contributed by atoms with E-state index in [1.807, 2.05) is 0 Å². The standard InChI is InChI=1S/C18H31NO4/c1-2-3-4-5-6-7-8-9-10-11-15(20)14-17(21)19-16-12-13-23-18(16)22/h7-8,15-16,20H,2-6,9-14H2,1H3,(H,19,21)/b8-7+/t15?,16-/m0/s1. The third-order valence-electron chi connectivity index (χ3n) is 3.99. The molecule has 2 atom stereocenters. The van der Waals surface area contributed by atoms with Gasteiger partial charge in [0.05, 0.1) is 19.1 Å². The van der Waals surface area contributed by atoms with Gasteiger partial charge in [-0.3, -0.25) is 4.79 Å². The first-order valence-electron chi connectivity index (χ1n) is 8.92. The van der Waals surface area contributed by atoms with Gasteiger partial charge >= 0.3 is 5.97 Å². The maximum atomic E-state index is 11.7. The Morgan fingerprint density at radius 2 is 2.04 bits per heavy atom. The van der Waals surface area contributed by atoms with Crippen molar-refractivity contribution in [1.29, 1.82) is 0 Å². The highest BCUT2D eigenvalue weighted by Crippen LogP contribution is 2.09. The fourth-order valence-electron chi connectivity index (χ4n) is 2.59. The second-order valence-corrected chi connectivity index (χ2v) is 6.19. The predicted molar refractivity (Wildman–Crippen MR) is 89.9 cm³/mol. The minimum absolute atomic E-state index is 0.0461. The van der Waals surface area contributed by atoms with Gasteiger partial charge in [-0.2, -0.15) is 0 Å². The van der Waals surface area contributed by atoms with E-state index >= 15 is 0 Å². The molecule has 0 radical (unpaired) electrons. The zero-order valence-electron chi connectivity index (χ0n) is 14.3. The summed E-state index contributed by atoms with van der Waals surface area (Å²) in [7, 11) is 0. The normalized spacial score (nSPS) is 19.0. The third-order valence-corrected chi connectivity index (χ3v) is 3.99. The minimum Gasteiger partial charge on any atom is -0.464 e. The van der Waals surface area contributed by atoms with Gasteiger partial charge < -0.3 is 15.2 Å². The Kier molecular flexibility index (Phi) is 10.4. The van der Waals surface area contributed by atoms with Crippen molar-refractivity contribution in [3.63, 3.8) is 0 Å². The molecule has 132 valence electrons. The SMILES string of the molecule is CCCCCC/C=C/CCCC(O)CC(=O)N[C@H]1CCOC1=O. The number of hydrogen-bond donors (Lipinski definition) is 2. The Labute approximate surface area is 139 Å². The Morgan fingerprint density at radius 3 is 2.70 bits per heavy atom. The first-order chi connectivity index (χ1) is 11.1. The van der Waals surface area contributed by atoms with Crippen LogP contribution in [0.15, 0.2) is 12.2 Å². The Morgan fingerprint density at radius 1 is 1.30 bits per heavy atom. The first-order valence-corrected chi connectivity index (χ1v) is 8.92. The van der Waals surface area contributed by atoms with Gasteiger partial charge in [0.25, 0.3) is 0 Å². The van der Waals surface area contributed by atoms with Crippen LogP contribution in [0.2, 0.25) is 0 Å². The molecule has 0 aromatic rings. The van der Waals surface area contributed by atoms with Crippen LogP contribution in [0.4, 0.5) is 0 Å². The topological polar surface area (TPSA) is 75.6 Å². The van der Waals surface area contributed by atoms with E-state index in [4.69, 9.17) is 4.74 Å². The number of aliphatic hydroxyl groups excluding tert-OH is 1. The number of rotatable bonds is 12. The molecule has 0 saturated carbocycles. The average Bonchev–Trinajstić information content (AvgIpc) is 2.90. The number of amides is 1. The Balaban J connectivity index is 2.01. The number of unbranched alkanes of at least 4 members (excludes halogenated alkanes) is 5. The van der Waals surface area contributed by atoms with Gasteiger partial charge in [-0.15, -0.1) is 0 Å². The van der Waals surface area contributed by atoms with Crippen molar-refractivity contribution in [1.82, 2.24) is 5.32 Å². The molecule has 1 heterocycles. The lowest BCUT2D eigenvalue weighted by Gasteiger charge is -2.12. The molecule has 0 aromatic heterocycles. The van der Waals surface area contributed by atoms with Crippen LogP contribution in [-0.2, 0) is 14.3 Å². The minimum atomic E-state index is -0.648. The molecule has 1 aliphatic heterocycles. The summed E-state index contributed by atoms with van der Waals surface area (Å²) < 4.78 is 4.78. The molecule has 1 unspecified atom stereocenters. The van der Waals surface area contributed by atoms with Crippen LogP contribution in [-0.4, -0.2) is 35.7 Å². The number of cyclic esters (lactones) is 1. The molecule has 0 aromatic carbocycles. The number of carbonyl (C=O) groups is 2. The van der Waals surface area contributed by atoms with Gasteiger partial charge in [0, 0.05) is 6.42 Å². The molecule has 5 heteroatoms. The predicted octanol–water partition coefficient (Wildman–Crippen LogP) is 2.87. The first kappa shape index (κ1) is 19.7. The second-order valence-electron chi connectivity index (χ2n) is 6.19. The molecule has 1 saturated heterocycles. The summed E-state index contributed by atoms with van der Waals surface area (Å²) in [6, 6.07) is -0.537. The third kappa shape index (κ3) is 9.39. The van der Waals surface area contributed by atoms with Gasteiger partial charge in [-0.05, 0) is 32.1 Å². The van der Waals surface area contributed by atoms with E-state index in [0.29, 0.717) is 19.4 Å². The fraction of sp³-hybridized carbons (Fsp3) is 0.778. The molecule has 2 N–H and O–H groups in total. The van der Waals surface area contributed by atoms with E-state index in [-0.39, 0.29) is 18.3 Å². The summed E-state index contributed by atoms with van der Waals surface area (Å²) >= 11 is 0. The Bertz CT molecular complexity index is 381. The maximum Gasteiger partial charge on any atom is 0.328 e. The van der Waals surface area contributed by atoms with Crippen LogP contribution in [0.5, 0.6) is 0 Å². The van der Waals surface area contributed by atoms with E-state index in [2.05, 4.69) is 24.4 Å². The summed E-state index contributed by atoms with van der Waals surface area (Å²) in [5, 5.41) is 12.5. The van der Waals surface area contributed by atoms with Crippen molar-refractivity contribution in [2.24, 2.45) is 0 Å². The quantitative estimate of drug-likeness (QED) is 0.329. The van der Waals surface area contributed by atoms with E-state index in [1.165, 1.54) is 25.7 Å². The number of allylic oxidation sites excluding steroid dienone is 2. The number of carbonyl (C=O) groups excluding carboxylic acids is 2. The number of hydrogen-bond acceptors (Lipinski definition) is 4. The van der Waals surface area contributed by atoms with Crippen molar-refractivity contribution >= 4 is 11.9 Å². The smallest absolute Gasteiger partial charge is 0.328 e. The Hall–Kier alpha value is -1.36. The van der Waals surface area contributed by atoms with Crippen molar-refractivity contribution in [3.8, 4) is 0 Å². The molecule has 1 amide bonds. The van der Waals surface area contributed by atoms with Crippen LogP contribution in [0, 0.1) is 0 Å². The highest BCUT2D eigenvalue weighted by Gasteiger charge is 2.28. The summed E-state index contributed by atoms with van der Waals surface area (Å²) in [6.07, 6.45) is 12.9. The van der Waals surface area contributed by atoms with Crippen LogP contribution in [0.3, 0.4) is 0 Å². The van der Waals surface area contributed by atoms with Crippen LogP contribution in [0.25, 0.3) is 0 Å². The number of aliphatic hydroxyl groups is 1. The van der Waals surface area contributed by atoms with Crippen molar-refractivity contribution in [2.45, 2.75) is 83.3 Å². The second kappa shape index (κ2) is 12.1. The van der Waals surface area contributed by atoms with Crippen molar-refractivity contribution in [3.05, 3.63) is 12.2 Å². The van der Waals surface area contributed by atoms with Gasteiger partial charge in [-0.1, -0.05) is 38.3 Å². The summed E-state index contributed by atoms with van der Waals surface area (Å²) in [6.45, 7) is 2.57. The largest absolute Gasteiger partial charge is 0.464 e. The van der Waals surface area contributed by atoms with Crippen LogP contribution >= 0.6 is 0 Å². The lowest BCUT2D eigenvalue weighted by Crippen LogP contribution is -2.39. The van der Waals surface area contributed by atoms with E-state index in [1.54, 1.807) is 0 Å². The molecular formula is C18H31NO4. The van der Waals surface area contributed by atoms with E-state index in [9.17, 15) is 14.7 Å². The molecule has 0 spiro atoms. The highest BCUT2D eigenvalue weighted by molar-refractivity contribution is 5.85. The van der Waals surface area contributed by atoms with Crippen molar-refractivity contribution < 1.29 is 19.4 Å². The molecule has 1 aliphatic rings. The lowest BCUT2D eigenvalue weighted by atomic mass is 10.1. The van der Waals surface area contributed by atoms with Gasteiger partial charge in [0.1, 0.15) is 6.04 Å². The maximum absolute atomic E-state index is 11.7. The molecular weight excluding hydrogens is 294 g/mol. The van der Waals surface area contributed by atoms with Gasteiger partial charge in [0.2, 0.25) is 5.91 Å². The zero-order chi connectivity index (χ0) is 16.9. The summed E-state index contributed by atoms with van der Waals surface area (Å²) in [5.74, 6) is -0.662. The summed E-state index contributed by atoms with van der Waals surface area (Å²) in [4.78, 5) is 23.0. The highest BCUT2D eigenvalue weighted by atomic mass is 16.5. The average molecular weight is 325 g/mol. The molecule has 1 rings (SSSR count). The lowest BCUT2D eigenvalue weighted by molar-refractivity contribution is -0.141. The van der Waals surface area contributed by atoms with E-state index < -0.39 is 12.1 Å². The molecule has 0 aliphatic carbocycles. The molecule has 1 fully saturated rings. The monoisotopic (exact) mass is 325 g/mol. The number of ether oxygens (including phenoxy) is 1. The van der Waals surface area contributed by atoms with Crippen LogP contribution < -0.4 is 5.32 Å². The van der Waals surface area contributed by atoms with E-state index in [0.717, 1.165) is 19.3 Å². The van der Waals surface area contributed by atoms with Crippen molar-refractivity contribution in [2.75, 3.05) is 6.61 Å². The number of nitrogens with one attached hydrogen (secondary N) is 1. The zero-order valence-corrected chi connectivity index (χ0v) is 14.3. The number of esters is 1. The molecule has 5 nitrogen and oxygen atoms in total. The molecule has 0 bridgehead atoms. The van der Waals surface area contributed by atoms with Crippen LogP contribution in [0.1, 0.15) is 71.1 Å². The molecule has 23 heavy (non-hydrogen) atoms. The fourth-order valence-corrected chi connectivity index (χ4v) is 2.59. The summed E-state index contributed by atoms with van der Waals surface area (Å²) in [5.41, 5.74) is 0. The van der Waals surface area contributed by atoms with Gasteiger partial charge in [-0.25, -0.2) is 4.79 Å². The van der Waals surface area contributed by atoms with Gasteiger partial charge in [0.15, 0.2) is 0 Å².